The number of para-hydroxylation sites is 2. The lowest BCUT2D eigenvalue weighted by Crippen LogP contribution is -2.37. The molecule has 0 saturated heterocycles. The van der Waals surface area contributed by atoms with E-state index in [0.29, 0.717) is 45.5 Å². The van der Waals surface area contributed by atoms with E-state index in [1.165, 1.54) is 0 Å². The molecule has 0 bridgehead atoms. The SMILES string of the molecule is COc1cc2c(cc1OCc1cccc(COc3cc4c(cc3OC)C(=O)N3c5ccccc5C[C@H]3C=N4)c1)N=C[C@@H]1Cc3ccccc3N1C2=O. The number of anilines is 2. The Hall–Kier alpha value is -6.42. The molecule has 4 heterocycles. The summed E-state index contributed by atoms with van der Waals surface area (Å²) in [6, 6.07) is 30.5. The summed E-state index contributed by atoms with van der Waals surface area (Å²) in [6.07, 6.45) is 5.13. The lowest BCUT2D eigenvalue weighted by atomic mass is 10.1. The lowest BCUT2D eigenvalue weighted by molar-refractivity contribution is 0.0978. The summed E-state index contributed by atoms with van der Waals surface area (Å²) < 4.78 is 23.9. The van der Waals surface area contributed by atoms with Gasteiger partial charge in [0.15, 0.2) is 23.0 Å². The first kappa shape index (κ1) is 31.6. The molecule has 2 atom stereocenters. The highest BCUT2D eigenvalue weighted by molar-refractivity contribution is 6.15. The molecule has 0 aromatic heterocycles. The standard InChI is InChI=1S/C42H34N4O6/c1-49-37-17-31-33(43-21-29-15-27-10-3-5-12-35(27)45(29)41(31)47)19-39(37)51-23-25-8-7-9-26(14-25)24-52-40-20-34-32(18-38(40)50-2)42(48)46-30(22-44-34)16-28-11-4-6-13-36(28)46/h3-14,17-22,29-30H,15-16,23-24H2,1-2H3/t29-,30-/m0/s1. The summed E-state index contributed by atoms with van der Waals surface area (Å²) in [6.45, 7) is 0.505. The monoisotopic (exact) mass is 690 g/mol. The minimum atomic E-state index is -0.144. The van der Waals surface area contributed by atoms with Gasteiger partial charge >= 0.3 is 0 Å². The van der Waals surface area contributed by atoms with Gasteiger partial charge in [0.1, 0.15) is 13.2 Å². The lowest BCUT2D eigenvalue weighted by Gasteiger charge is -2.22. The van der Waals surface area contributed by atoms with E-state index >= 15 is 0 Å². The van der Waals surface area contributed by atoms with E-state index < -0.39 is 0 Å². The highest BCUT2D eigenvalue weighted by Crippen LogP contribution is 2.43. The van der Waals surface area contributed by atoms with Crippen LogP contribution in [0.1, 0.15) is 43.0 Å². The molecule has 0 saturated carbocycles. The molecule has 10 nitrogen and oxygen atoms in total. The van der Waals surface area contributed by atoms with Crippen LogP contribution in [0.5, 0.6) is 23.0 Å². The van der Waals surface area contributed by atoms with Gasteiger partial charge in [-0.3, -0.25) is 29.4 Å². The number of carbonyl (C=O) groups is 2. The van der Waals surface area contributed by atoms with Crippen molar-refractivity contribution in [1.29, 1.82) is 0 Å². The first-order valence-corrected chi connectivity index (χ1v) is 17.2. The summed E-state index contributed by atoms with van der Waals surface area (Å²) >= 11 is 0. The molecule has 0 radical (unpaired) electrons. The Morgan fingerprint density at radius 2 is 1.04 bits per heavy atom. The predicted octanol–water partition coefficient (Wildman–Crippen LogP) is 7.44. The maximum absolute atomic E-state index is 13.8. The van der Waals surface area contributed by atoms with Crippen LogP contribution in [-0.2, 0) is 26.1 Å². The number of benzene rings is 5. The number of carbonyl (C=O) groups excluding carboxylic acids is 2. The summed E-state index contributed by atoms with van der Waals surface area (Å²) in [5, 5.41) is 0. The van der Waals surface area contributed by atoms with E-state index in [-0.39, 0.29) is 37.1 Å². The van der Waals surface area contributed by atoms with Crippen LogP contribution in [0.15, 0.2) is 107 Å². The Bertz CT molecular complexity index is 2180. The normalized spacial score (nSPS) is 17.7. The van der Waals surface area contributed by atoms with Gasteiger partial charge in [0.25, 0.3) is 11.8 Å². The average molecular weight is 691 g/mol. The van der Waals surface area contributed by atoms with Gasteiger partial charge < -0.3 is 18.9 Å². The molecule has 0 N–H and O–H groups in total. The third-order valence-corrected chi connectivity index (χ3v) is 10.0. The number of nitrogens with zero attached hydrogens (tertiary/aromatic N) is 4. The number of aliphatic imine (C=N–C) groups is 2. The minimum absolute atomic E-state index is 0.115. The number of fused-ring (bicyclic) bond motifs is 8. The third kappa shape index (κ3) is 5.35. The molecule has 9 rings (SSSR count). The van der Waals surface area contributed by atoms with Crippen LogP contribution in [0.2, 0.25) is 0 Å². The number of amides is 2. The molecule has 5 aromatic carbocycles. The first-order chi connectivity index (χ1) is 25.5. The second-order valence-corrected chi connectivity index (χ2v) is 13.1. The average Bonchev–Trinajstić information content (AvgIpc) is 3.67. The Kier molecular flexibility index (Phi) is 7.72. The van der Waals surface area contributed by atoms with Crippen LogP contribution in [0.4, 0.5) is 22.7 Å². The number of hydrogen-bond acceptors (Lipinski definition) is 8. The molecule has 0 unspecified atom stereocenters. The van der Waals surface area contributed by atoms with E-state index in [0.717, 1.165) is 46.5 Å². The van der Waals surface area contributed by atoms with Crippen LogP contribution in [0, 0.1) is 0 Å². The Labute approximate surface area is 300 Å². The fourth-order valence-corrected chi connectivity index (χ4v) is 7.51. The van der Waals surface area contributed by atoms with E-state index in [1.807, 2.05) is 82.9 Å². The van der Waals surface area contributed by atoms with Crippen molar-refractivity contribution in [3.05, 3.63) is 130 Å². The highest BCUT2D eigenvalue weighted by Gasteiger charge is 2.38. The molecule has 0 fully saturated rings. The molecule has 0 aliphatic carbocycles. The minimum Gasteiger partial charge on any atom is -0.493 e. The molecule has 0 spiro atoms. The van der Waals surface area contributed by atoms with Crippen LogP contribution >= 0.6 is 0 Å². The van der Waals surface area contributed by atoms with Gasteiger partial charge in [-0.1, -0.05) is 54.6 Å². The second-order valence-electron chi connectivity index (χ2n) is 13.1. The maximum atomic E-state index is 13.8. The maximum Gasteiger partial charge on any atom is 0.261 e. The van der Waals surface area contributed by atoms with Crippen molar-refractivity contribution in [3.8, 4) is 23.0 Å². The summed E-state index contributed by atoms with van der Waals surface area (Å²) in [4.78, 5) is 40.6. The van der Waals surface area contributed by atoms with E-state index in [1.54, 1.807) is 38.5 Å². The van der Waals surface area contributed by atoms with Gasteiger partial charge in [-0.05, 0) is 52.6 Å². The van der Waals surface area contributed by atoms with Crippen molar-refractivity contribution in [2.75, 3.05) is 24.0 Å². The van der Waals surface area contributed by atoms with Crippen LogP contribution in [0.25, 0.3) is 0 Å². The molecular weight excluding hydrogens is 656 g/mol. The number of ether oxygens (including phenoxy) is 4. The van der Waals surface area contributed by atoms with Gasteiger partial charge in [-0.25, -0.2) is 0 Å². The van der Waals surface area contributed by atoms with Gasteiger partial charge in [-0.2, -0.15) is 0 Å². The quantitative estimate of drug-likeness (QED) is 0.168. The van der Waals surface area contributed by atoms with Crippen molar-refractivity contribution in [1.82, 2.24) is 0 Å². The van der Waals surface area contributed by atoms with Gasteiger partial charge in [0.05, 0.1) is 48.8 Å². The molecule has 4 aliphatic heterocycles. The van der Waals surface area contributed by atoms with E-state index in [4.69, 9.17) is 28.9 Å². The number of methoxy groups -OCH3 is 2. The molecule has 10 heteroatoms. The van der Waals surface area contributed by atoms with Gasteiger partial charge in [0, 0.05) is 48.8 Å². The Balaban J connectivity index is 0.908. The third-order valence-electron chi connectivity index (χ3n) is 10.0. The van der Waals surface area contributed by atoms with Gasteiger partial charge in [-0.15, -0.1) is 0 Å². The van der Waals surface area contributed by atoms with Crippen molar-refractivity contribution >= 4 is 47.0 Å². The number of hydrogen-bond donors (Lipinski definition) is 0. The fourth-order valence-electron chi connectivity index (χ4n) is 7.51. The zero-order valence-corrected chi connectivity index (χ0v) is 28.6. The topological polar surface area (TPSA) is 102 Å². The van der Waals surface area contributed by atoms with Crippen LogP contribution in [-0.4, -0.2) is 50.5 Å². The highest BCUT2D eigenvalue weighted by atomic mass is 16.5. The van der Waals surface area contributed by atoms with Crippen molar-refractivity contribution in [2.45, 2.75) is 38.1 Å². The van der Waals surface area contributed by atoms with Crippen molar-refractivity contribution in [2.24, 2.45) is 9.98 Å². The van der Waals surface area contributed by atoms with Crippen LogP contribution < -0.4 is 28.7 Å². The summed E-state index contributed by atoms with van der Waals surface area (Å²) in [5.41, 5.74) is 7.93. The zero-order valence-electron chi connectivity index (χ0n) is 28.6. The smallest absolute Gasteiger partial charge is 0.261 e. The molecule has 4 aliphatic rings. The van der Waals surface area contributed by atoms with E-state index in [2.05, 4.69) is 12.1 Å². The largest absolute Gasteiger partial charge is 0.493 e. The molecule has 258 valence electrons. The van der Waals surface area contributed by atoms with E-state index in [9.17, 15) is 9.59 Å². The fraction of sp³-hybridized carbons (Fsp3) is 0.190. The molecule has 52 heavy (non-hydrogen) atoms. The van der Waals surface area contributed by atoms with Gasteiger partial charge in [0.2, 0.25) is 0 Å². The Morgan fingerprint density at radius 3 is 1.50 bits per heavy atom. The summed E-state index contributed by atoms with van der Waals surface area (Å²) in [5.74, 6) is 1.65. The first-order valence-electron chi connectivity index (χ1n) is 17.2. The van der Waals surface area contributed by atoms with Crippen molar-refractivity contribution < 1.29 is 28.5 Å². The van der Waals surface area contributed by atoms with Crippen LogP contribution in [0.3, 0.4) is 0 Å². The molecule has 5 aromatic rings. The molecular formula is C42H34N4O6. The molecule has 2 amide bonds. The summed E-state index contributed by atoms with van der Waals surface area (Å²) in [7, 11) is 3.12. The Morgan fingerprint density at radius 1 is 0.577 bits per heavy atom. The predicted molar refractivity (Wildman–Crippen MR) is 199 cm³/mol. The second kappa shape index (κ2) is 12.7. The van der Waals surface area contributed by atoms with Crippen molar-refractivity contribution in [3.63, 3.8) is 0 Å². The zero-order chi connectivity index (χ0) is 35.3. The number of rotatable bonds is 8.